The van der Waals surface area contributed by atoms with E-state index in [2.05, 4.69) is 18.8 Å². The summed E-state index contributed by atoms with van der Waals surface area (Å²) < 4.78 is 5.40. The number of nitrogens with one attached hydrogen (secondary N) is 1. The van der Waals surface area contributed by atoms with Crippen molar-refractivity contribution in [2.24, 2.45) is 0 Å². The molecule has 1 aromatic carbocycles. The summed E-state index contributed by atoms with van der Waals surface area (Å²) in [5.74, 6) is 0.897. The minimum Gasteiger partial charge on any atom is -0.494 e. The summed E-state index contributed by atoms with van der Waals surface area (Å²) in [5, 5.41) is 3.29. The Morgan fingerprint density at radius 1 is 1.57 bits per heavy atom. The lowest BCUT2D eigenvalue weighted by molar-refractivity contribution is 0.340. The van der Waals surface area contributed by atoms with Gasteiger partial charge in [-0.15, -0.1) is 6.58 Å². The molecule has 0 aliphatic rings. The monoisotopic (exact) mass is 191 g/mol. The summed E-state index contributed by atoms with van der Waals surface area (Å²) in [4.78, 5) is 0. The maximum atomic E-state index is 5.40. The smallest absolute Gasteiger partial charge is 0.121 e. The first-order valence-electron chi connectivity index (χ1n) is 4.88. The first-order valence-corrected chi connectivity index (χ1v) is 4.88. The van der Waals surface area contributed by atoms with Crippen molar-refractivity contribution in [3.05, 3.63) is 36.9 Å². The van der Waals surface area contributed by atoms with Crippen LogP contribution in [0.3, 0.4) is 0 Å². The maximum absolute atomic E-state index is 5.40. The molecule has 1 unspecified atom stereocenters. The number of benzene rings is 1. The maximum Gasteiger partial charge on any atom is 0.121 e. The average Bonchev–Trinajstić information content (AvgIpc) is 2.19. The number of hydrogen-bond donors (Lipinski definition) is 1. The molecule has 0 bridgehead atoms. The summed E-state index contributed by atoms with van der Waals surface area (Å²) in [6.07, 6.45) is 1.87. The summed E-state index contributed by atoms with van der Waals surface area (Å²) in [7, 11) is 0. The number of ether oxygens (including phenoxy) is 1. The second kappa shape index (κ2) is 5.32. The van der Waals surface area contributed by atoms with E-state index in [1.54, 1.807) is 0 Å². The topological polar surface area (TPSA) is 21.3 Å². The van der Waals surface area contributed by atoms with Crippen LogP contribution in [0.2, 0.25) is 0 Å². The third-order valence-electron chi connectivity index (χ3n) is 1.89. The van der Waals surface area contributed by atoms with E-state index < -0.39 is 0 Å². The fourth-order valence-electron chi connectivity index (χ4n) is 1.16. The molecule has 1 rings (SSSR count). The molecular formula is C12H17NO. The van der Waals surface area contributed by atoms with Crippen molar-refractivity contribution in [1.82, 2.24) is 0 Å². The van der Waals surface area contributed by atoms with Gasteiger partial charge in [0.2, 0.25) is 0 Å². The highest BCUT2D eigenvalue weighted by molar-refractivity contribution is 5.49. The average molecular weight is 191 g/mol. The Kier molecular flexibility index (Phi) is 4.05. The van der Waals surface area contributed by atoms with E-state index in [4.69, 9.17) is 4.74 Å². The van der Waals surface area contributed by atoms with Crippen molar-refractivity contribution >= 4 is 5.69 Å². The SMILES string of the molecule is C=CC(C)Nc1cccc(OCC)c1. The van der Waals surface area contributed by atoms with Gasteiger partial charge in [-0.25, -0.2) is 0 Å². The molecule has 0 aliphatic heterocycles. The minimum absolute atomic E-state index is 0.270. The molecule has 1 N–H and O–H groups in total. The lowest BCUT2D eigenvalue weighted by Crippen LogP contribution is -2.11. The van der Waals surface area contributed by atoms with Crippen LogP contribution in [0.5, 0.6) is 5.75 Å². The molecule has 0 heterocycles. The van der Waals surface area contributed by atoms with Crippen molar-refractivity contribution in [1.29, 1.82) is 0 Å². The van der Waals surface area contributed by atoms with Gasteiger partial charge in [0, 0.05) is 17.8 Å². The lowest BCUT2D eigenvalue weighted by atomic mass is 10.2. The minimum atomic E-state index is 0.270. The third-order valence-corrected chi connectivity index (χ3v) is 1.89. The Bertz CT molecular complexity index is 296. The van der Waals surface area contributed by atoms with Gasteiger partial charge in [-0.05, 0) is 26.0 Å². The van der Waals surface area contributed by atoms with Gasteiger partial charge in [0.15, 0.2) is 0 Å². The predicted molar refractivity (Wildman–Crippen MR) is 60.9 cm³/mol. The Hall–Kier alpha value is -1.44. The number of rotatable bonds is 5. The summed E-state index contributed by atoms with van der Waals surface area (Å²) in [6, 6.07) is 8.20. The highest BCUT2D eigenvalue weighted by atomic mass is 16.5. The van der Waals surface area contributed by atoms with Crippen molar-refractivity contribution in [2.45, 2.75) is 19.9 Å². The van der Waals surface area contributed by atoms with E-state index in [9.17, 15) is 0 Å². The highest BCUT2D eigenvalue weighted by Gasteiger charge is 1.98. The van der Waals surface area contributed by atoms with E-state index in [1.165, 1.54) is 0 Å². The highest BCUT2D eigenvalue weighted by Crippen LogP contribution is 2.17. The van der Waals surface area contributed by atoms with Gasteiger partial charge in [0.05, 0.1) is 6.61 Å². The normalized spacial score (nSPS) is 11.9. The van der Waals surface area contributed by atoms with Crippen molar-refractivity contribution in [2.75, 3.05) is 11.9 Å². The van der Waals surface area contributed by atoms with Gasteiger partial charge in [-0.1, -0.05) is 12.1 Å². The van der Waals surface area contributed by atoms with Crippen molar-refractivity contribution in [3.63, 3.8) is 0 Å². The molecular weight excluding hydrogens is 174 g/mol. The predicted octanol–water partition coefficient (Wildman–Crippen LogP) is 3.07. The molecule has 2 nitrogen and oxygen atoms in total. The van der Waals surface area contributed by atoms with Gasteiger partial charge in [-0.3, -0.25) is 0 Å². The zero-order chi connectivity index (χ0) is 10.4. The lowest BCUT2D eigenvalue weighted by Gasteiger charge is -2.11. The van der Waals surface area contributed by atoms with E-state index in [0.717, 1.165) is 11.4 Å². The molecule has 0 aromatic heterocycles. The molecule has 0 saturated carbocycles. The van der Waals surface area contributed by atoms with E-state index in [1.807, 2.05) is 37.3 Å². The molecule has 2 heteroatoms. The van der Waals surface area contributed by atoms with Crippen molar-refractivity contribution < 1.29 is 4.74 Å². The second-order valence-electron chi connectivity index (χ2n) is 3.13. The fraction of sp³-hybridized carbons (Fsp3) is 0.333. The molecule has 0 fully saturated rings. The fourth-order valence-corrected chi connectivity index (χ4v) is 1.16. The zero-order valence-electron chi connectivity index (χ0n) is 8.79. The van der Waals surface area contributed by atoms with Crippen LogP contribution in [0.4, 0.5) is 5.69 Å². The number of anilines is 1. The molecule has 0 spiro atoms. The van der Waals surface area contributed by atoms with Gasteiger partial charge in [0.25, 0.3) is 0 Å². The van der Waals surface area contributed by atoms with Crippen molar-refractivity contribution in [3.8, 4) is 5.75 Å². The van der Waals surface area contributed by atoms with Crippen LogP contribution < -0.4 is 10.1 Å². The molecule has 76 valence electrons. The van der Waals surface area contributed by atoms with Gasteiger partial charge in [-0.2, -0.15) is 0 Å². The summed E-state index contributed by atoms with van der Waals surface area (Å²) in [6.45, 7) is 8.45. The Morgan fingerprint density at radius 2 is 2.36 bits per heavy atom. The second-order valence-corrected chi connectivity index (χ2v) is 3.13. The summed E-state index contributed by atoms with van der Waals surface area (Å²) in [5.41, 5.74) is 1.06. The Labute approximate surface area is 85.6 Å². The quantitative estimate of drug-likeness (QED) is 0.722. The standard InChI is InChI=1S/C12H17NO/c1-4-10(3)13-11-7-6-8-12(9-11)14-5-2/h4,6-10,13H,1,5H2,2-3H3. The van der Waals surface area contributed by atoms with Crippen LogP contribution >= 0.6 is 0 Å². The van der Waals surface area contributed by atoms with Gasteiger partial charge >= 0.3 is 0 Å². The first kappa shape index (κ1) is 10.6. The summed E-state index contributed by atoms with van der Waals surface area (Å²) >= 11 is 0. The zero-order valence-corrected chi connectivity index (χ0v) is 8.79. The molecule has 1 atom stereocenters. The Morgan fingerprint density at radius 3 is 3.00 bits per heavy atom. The molecule has 0 amide bonds. The molecule has 0 radical (unpaired) electrons. The number of hydrogen-bond acceptors (Lipinski definition) is 2. The van der Waals surface area contributed by atoms with Gasteiger partial charge < -0.3 is 10.1 Å². The van der Waals surface area contributed by atoms with Crippen LogP contribution in [-0.2, 0) is 0 Å². The van der Waals surface area contributed by atoms with E-state index in [-0.39, 0.29) is 6.04 Å². The van der Waals surface area contributed by atoms with Crippen LogP contribution in [0, 0.1) is 0 Å². The largest absolute Gasteiger partial charge is 0.494 e. The van der Waals surface area contributed by atoms with Crippen LogP contribution in [0.25, 0.3) is 0 Å². The van der Waals surface area contributed by atoms with E-state index >= 15 is 0 Å². The first-order chi connectivity index (χ1) is 6.76. The Balaban J connectivity index is 2.67. The molecule has 0 aliphatic carbocycles. The van der Waals surface area contributed by atoms with Crippen LogP contribution in [0.1, 0.15) is 13.8 Å². The van der Waals surface area contributed by atoms with E-state index in [0.29, 0.717) is 6.61 Å². The van der Waals surface area contributed by atoms with Crippen LogP contribution in [0.15, 0.2) is 36.9 Å². The van der Waals surface area contributed by atoms with Gasteiger partial charge in [0.1, 0.15) is 5.75 Å². The molecule has 0 saturated heterocycles. The van der Waals surface area contributed by atoms with Crippen LogP contribution in [-0.4, -0.2) is 12.6 Å². The molecule has 1 aromatic rings. The molecule has 14 heavy (non-hydrogen) atoms. The third kappa shape index (κ3) is 3.13.